The van der Waals surface area contributed by atoms with Crippen molar-refractivity contribution >= 4 is 5.97 Å². The van der Waals surface area contributed by atoms with E-state index in [1.165, 1.54) is 5.56 Å². The second-order valence-electron chi connectivity index (χ2n) is 12.2. The molecule has 0 radical (unpaired) electrons. The molecule has 0 spiro atoms. The quantitative estimate of drug-likeness (QED) is 0.0615. The average Bonchev–Trinajstić information content (AvgIpc) is 3.29. The summed E-state index contributed by atoms with van der Waals surface area (Å²) >= 11 is 0. The van der Waals surface area contributed by atoms with E-state index in [0.717, 1.165) is 58.5 Å². The van der Waals surface area contributed by atoms with Gasteiger partial charge in [-0.05, 0) is 81.6 Å². The molecule has 3 rings (SSSR count). The summed E-state index contributed by atoms with van der Waals surface area (Å²) in [6.45, 7) is 5.93. The molecule has 1 aliphatic carbocycles. The van der Waals surface area contributed by atoms with Crippen molar-refractivity contribution in [3.8, 4) is 0 Å². The summed E-state index contributed by atoms with van der Waals surface area (Å²) in [7, 11) is 0. The van der Waals surface area contributed by atoms with E-state index in [2.05, 4.69) is 32.8 Å². The predicted molar refractivity (Wildman–Crippen MR) is 167 cm³/mol. The summed E-state index contributed by atoms with van der Waals surface area (Å²) in [5.74, 6) is -0.228. The number of esters is 1. The van der Waals surface area contributed by atoms with Crippen molar-refractivity contribution in [1.29, 1.82) is 0 Å². The number of piperazine rings is 1. The van der Waals surface area contributed by atoms with Crippen molar-refractivity contribution in [3.05, 3.63) is 58.2 Å². The number of allylic oxidation sites excluding steroid dienone is 2. The molecule has 2 aliphatic rings. The lowest BCUT2D eigenvalue weighted by Gasteiger charge is -2.34. The van der Waals surface area contributed by atoms with Crippen molar-refractivity contribution in [3.63, 3.8) is 0 Å². The van der Waals surface area contributed by atoms with Gasteiger partial charge in [0, 0.05) is 45.7 Å². The fourth-order valence-electron chi connectivity index (χ4n) is 6.36. The van der Waals surface area contributed by atoms with Gasteiger partial charge in [0.1, 0.15) is 0 Å². The zero-order valence-electron chi connectivity index (χ0n) is 26.1. The number of ether oxygens (including phenoxy) is 1. The van der Waals surface area contributed by atoms with Crippen LogP contribution in [-0.4, -0.2) is 107 Å². The number of aliphatic hydroxyl groups excluding tert-OH is 3. The van der Waals surface area contributed by atoms with Crippen LogP contribution in [0.3, 0.4) is 0 Å². The maximum absolute atomic E-state index is 12.1. The number of unbranched alkanes of at least 4 members (excludes halogenated alkanes) is 1. The third-order valence-corrected chi connectivity index (χ3v) is 8.95. The molecule has 0 amide bonds. The van der Waals surface area contributed by atoms with E-state index < -0.39 is 23.4 Å². The summed E-state index contributed by atoms with van der Waals surface area (Å²) < 4.78 is 5.41. The summed E-state index contributed by atoms with van der Waals surface area (Å²) in [6, 6.07) is 10.1. The van der Waals surface area contributed by atoms with E-state index in [-0.39, 0.29) is 24.4 Å². The lowest BCUT2D eigenvalue weighted by atomic mass is 9.85. The molecule has 0 aromatic heterocycles. The Bertz CT molecular complexity index is 973. The maximum Gasteiger partial charge on any atom is 0.305 e. The standard InChI is InChI=1S/C33H53N3O8/c37-28(15-14-27-10-4-3-5-11-27)16-17-30-29(31(38)26-32(30)39)12-6-1-2-7-13-33(40)43-24-8-18-34-20-22-35(23-21-34)19-9-25-44-36(41)42/h1,3-6,10-11,28-32,37-39H,2,7-9,12-26H2/b6-1-/t28-,29+,30+,31-,32+/m0/s1. The molecule has 5 atom stereocenters. The maximum atomic E-state index is 12.1. The summed E-state index contributed by atoms with van der Waals surface area (Å²) in [4.78, 5) is 31.3. The lowest BCUT2D eigenvalue weighted by molar-refractivity contribution is -0.757. The number of carbonyl (C=O) groups is 1. The highest BCUT2D eigenvalue weighted by molar-refractivity contribution is 5.69. The van der Waals surface area contributed by atoms with Crippen LogP contribution in [0.15, 0.2) is 42.5 Å². The smallest absolute Gasteiger partial charge is 0.305 e. The normalized spacial score (nSPS) is 23.6. The second kappa shape index (κ2) is 20.5. The molecule has 1 aliphatic heterocycles. The van der Waals surface area contributed by atoms with Gasteiger partial charge in [0.15, 0.2) is 0 Å². The van der Waals surface area contributed by atoms with Crippen LogP contribution in [0.1, 0.15) is 69.8 Å². The van der Waals surface area contributed by atoms with E-state index in [4.69, 9.17) is 4.74 Å². The Morgan fingerprint density at radius 2 is 1.61 bits per heavy atom. The van der Waals surface area contributed by atoms with E-state index in [1.54, 1.807) is 0 Å². The van der Waals surface area contributed by atoms with Gasteiger partial charge >= 0.3 is 5.97 Å². The summed E-state index contributed by atoms with van der Waals surface area (Å²) in [5, 5.41) is 41.0. The van der Waals surface area contributed by atoms with Gasteiger partial charge < -0.3 is 34.7 Å². The molecule has 2 fully saturated rings. The number of nitrogens with zero attached hydrogens (tertiary/aromatic N) is 3. The molecule has 1 heterocycles. The van der Waals surface area contributed by atoms with Gasteiger partial charge in [-0.1, -0.05) is 42.5 Å². The van der Waals surface area contributed by atoms with Crippen molar-refractivity contribution in [2.75, 3.05) is 52.5 Å². The minimum Gasteiger partial charge on any atom is -0.466 e. The monoisotopic (exact) mass is 619 g/mol. The first-order valence-electron chi connectivity index (χ1n) is 16.4. The molecule has 0 unspecified atom stereocenters. The van der Waals surface area contributed by atoms with Crippen molar-refractivity contribution in [2.45, 2.75) is 88.9 Å². The first-order valence-corrected chi connectivity index (χ1v) is 16.4. The van der Waals surface area contributed by atoms with Crippen LogP contribution in [0.5, 0.6) is 0 Å². The van der Waals surface area contributed by atoms with Gasteiger partial charge in [0.2, 0.25) is 0 Å². The molecule has 11 heteroatoms. The first-order chi connectivity index (χ1) is 21.3. The molecular formula is C33H53N3O8. The summed E-state index contributed by atoms with van der Waals surface area (Å²) in [6.07, 6.45) is 9.75. The Balaban J connectivity index is 1.20. The molecular weight excluding hydrogens is 566 g/mol. The number of benzene rings is 1. The first kappa shape index (κ1) is 35.9. The van der Waals surface area contributed by atoms with Gasteiger partial charge in [-0.15, -0.1) is 10.1 Å². The molecule has 0 bridgehead atoms. The third kappa shape index (κ3) is 14.0. The molecule has 3 N–H and O–H groups in total. The zero-order chi connectivity index (χ0) is 31.6. The molecule has 1 aromatic rings. The molecule has 1 aromatic carbocycles. The molecule has 11 nitrogen and oxygen atoms in total. The number of aliphatic hydroxyl groups is 3. The van der Waals surface area contributed by atoms with Crippen molar-refractivity contribution < 1.29 is 34.8 Å². The van der Waals surface area contributed by atoms with Gasteiger partial charge in [-0.25, -0.2) is 0 Å². The van der Waals surface area contributed by atoms with E-state index in [9.17, 15) is 30.2 Å². The molecule has 44 heavy (non-hydrogen) atoms. The van der Waals surface area contributed by atoms with Crippen LogP contribution in [0.4, 0.5) is 0 Å². The third-order valence-electron chi connectivity index (χ3n) is 8.95. The van der Waals surface area contributed by atoms with Gasteiger partial charge in [-0.2, -0.15) is 0 Å². The molecule has 1 saturated heterocycles. The number of carbonyl (C=O) groups excluding carboxylic acids is 1. The van der Waals surface area contributed by atoms with Crippen LogP contribution in [-0.2, 0) is 20.8 Å². The van der Waals surface area contributed by atoms with Crippen molar-refractivity contribution in [2.24, 2.45) is 11.8 Å². The van der Waals surface area contributed by atoms with Crippen LogP contribution in [0, 0.1) is 22.0 Å². The van der Waals surface area contributed by atoms with Gasteiger partial charge in [0.05, 0.1) is 31.5 Å². The van der Waals surface area contributed by atoms with E-state index in [1.807, 2.05) is 24.3 Å². The SMILES string of the molecule is O=C(CCC/C=C\C[C@@H]1[C@@H](CC[C@@H](O)CCc2ccccc2)[C@H](O)C[C@@H]1O)OCCCN1CCN(CCCO[N+](=O)[O-])CC1. The predicted octanol–water partition coefficient (Wildman–Crippen LogP) is 3.38. The van der Waals surface area contributed by atoms with Crippen LogP contribution in [0.25, 0.3) is 0 Å². The Hall–Kier alpha value is -2.57. The van der Waals surface area contributed by atoms with E-state index >= 15 is 0 Å². The zero-order valence-corrected chi connectivity index (χ0v) is 26.1. The summed E-state index contributed by atoms with van der Waals surface area (Å²) in [5.41, 5.74) is 1.21. The number of rotatable bonds is 21. The Labute approximate surface area is 261 Å². The average molecular weight is 620 g/mol. The highest BCUT2D eigenvalue weighted by Gasteiger charge is 2.40. The van der Waals surface area contributed by atoms with Crippen LogP contribution < -0.4 is 0 Å². The largest absolute Gasteiger partial charge is 0.466 e. The van der Waals surface area contributed by atoms with Gasteiger partial charge in [-0.3, -0.25) is 4.79 Å². The minimum atomic E-state index is -0.751. The Morgan fingerprint density at radius 3 is 2.30 bits per heavy atom. The fraction of sp³-hybridized carbons (Fsp3) is 0.727. The molecule has 248 valence electrons. The van der Waals surface area contributed by atoms with Crippen LogP contribution >= 0.6 is 0 Å². The lowest BCUT2D eigenvalue weighted by Crippen LogP contribution is -2.47. The minimum absolute atomic E-state index is 0.0223. The fourth-order valence-corrected chi connectivity index (χ4v) is 6.36. The number of aryl methyl sites for hydroxylation is 1. The Morgan fingerprint density at radius 1 is 0.955 bits per heavy atom. The highest BCUT2D eigenvalue weighted by Crippen LogP contribution is 2.38. The highest BCUT2D eigenvalue weighted by atomic mass is 16.9. The topological polar surface area (TPSA) is 146 Å². The number of hydrogen-bond acceptors (Lipinski definition) is 10. The van der Waals surface area contributed by atoms with E-state index in [0.29, 0.717) is 58.0 Å². The Kier molecular flexibility index (Phi) is 16.7. The second-order valence-corrected chi connectivity index (χ2v) is 12.2. The molecule has 1 saturated carbocycles. The number of hydrogen-bond donors (Lipinski definition) is 3. The van der Waals surface area contributed by atoms with Gasteiger partial charge in [0.25, 0.3) is 5.09 Å². The van der Waals surface area contributed by atoms with Crippen LogP contribution in [0.2, 0.25) is 0 Å². The van der Waals surface area contributed by atoms with Crippen molar-refractivity contribution in [1.82, 2.24) is 9.80 Å².